The molecule has 0 radical (unpaired) electrons. The van der Waals surface area contributed by atoms with Crippen LogP contribution in [0.5, 0.6) is 0 Å². The highest BCUT2D eigenvalue weighted by Gasteiger charge is 2.32. The van der Waals surface area contributed by atoms with Gasteiger partial charge >= 0.3 is 12.4 Å². The normalized spacial score (nSPS) is 12.9. The number of furan rings is 2. The first-order valence-corrected chi connectivity index (χ1v) is 23.0. The molecule has 0 amide bonds. The Morgan fingerprint density at radius 1 is 0.300 bits per heavy atom. The van der Waals surface area contributed by atoms with E-state index in [4.69, 9.17) is 8.83 Å². The molecule has 0 saturated carbocycles. The Hall–Kier alpha value is -7.72. The lowest BCUT2D eigenvalue weighted by Crippen LogP contribution is -2.13. The van der Waals surface area contributed by atoms with E-state index in [9.17, 15) is 26.3 Å². The number of alkyl halides is 6. The molecule has 10 heteroatoms. The predicted octanol–water partition coefficient (Wildman–Crippen LogP) is 19.4. The Balaban J connectivity index is 0.994. The zero-order valence-corrected chi connectivity index (χ0v) is 39.1. The van der Waals surface area contributed by atoms with Gasteiger partial charge < -0.3 is 18.6 Å². The third-order valence-corrected chi connectivity index (χ3v) is 13.4. The van der Waals surface area contributed by atoms with Gasteiger partial charge in [0.15, 0.2) is 11.2 Å². The number of halogens is 6. The van der Waals surface area contributed by atoms with Crippen LogP contribution in [0.2, 0.25) is 0 Å². The number of hydrogen-bond donors (Lipinski definition) is 0. The summed E-state index contributed by atoms with van der Waals surface area (Å²) in [4.78, 5) is 3.91. The highest BCUT2D eigenvalue weighted by Crippen LogP contribution is 2.45. The van der Waals surface area contributed by atoms with E-state index >= 15 is 0 Å². The van der Waals surface area contributed by atoms with Crippen molar-refractivity contribution < 1.29 is 35.2 Å². The Morgan fingerprint density at radius 2 is 0.600 bits per heavy atom. The molecule has 0 spiro atoms. The smallest absolute Gasteiger partial charge is 0.416 e. The maximum Gasteiger partial charge on any atom is 0.416 e. The maximum absolute atomic E-state index is 13.7. The van der Waals surface area contributed by atoms with Crippen LogP contribution in [-0.4, -0.2) is 0 Å². The fourth-order valence-corrected chi connectivity index (χ4v) is 9.52. The van der Waals surface area contributed by atoms with Gasteiger partial charge in [0.25, 0.3) is 0 Å². The van der Waals surface area contributed by atoms with Gasteiger partial charge in [0.1, 0.15) is 11.2 Å². The van der Waals surface area contributed by atoms with Gasteiger partial charge in [-0.25, -0.2) is 0 Å². The van der Waals surface area contributed by atoms with Crippen LogP contribution in [0.1, 0.15) is 63.8 Å². The van der Waals surface area contributed by atoms with Crippen molar-refractivity contribution in [1.29, 1.82) is 0 Å². The molecule has 70 heavy (non-hydrogen) atoms. The summed E-state index contributed by atoms with van der Waals surface area (Å²) >= 11 is 0. The average Bonchev–Trinajstić information content (AvgIpc) is 3.87. The minimum absolute atomic E-state index is 0.0867. The molecule has 2 aromatic heterocycles. The van der Waals surface area contributed by atoms with Crippen molar-refractivity contribution in [2.45, 2.75) is 64.7 Å². The monoisotopic (exact) mass is 940 g/mol. The fraction of sp³-hybridized carbons (Fsp3) is 0.167. The van der Waals surface area contributed by atoms with Crippen LogP contribution >= 0.6 is 0 Å². The Labute approximate surface area is 400 Å². The van der Waals surface area contributed by atoms with E-state index in [2.05, 4.69) is 77.9 Å². The third-order valence-electron chi connectivity index (χ3n) is 13.4. The van der Waals surface area contributed by atoms with Gasteiger partial charge in [0.05, 0.1) is 11.1 Å². The first-order valence-electron chi connectivity index (χ1n) is 23.0. The number of rotatable bonds is 6. The molecule has 0 saturated heterocycles. The molecule has 0 aliphatic rings. The second kappa shape index (κ2) is 15.9. The van der Waals surface area contributed by atoms with E-state index < -0.39 is 23.5 Å². The zero-order valence-electron chi connectivity index (χ0n) is 39.1. The predicted molar refractivity (Wildman–Crippen MR) is 273 cm³/mol. The molecule has 0 atom stereocenters. The van der Waals surface area contributed by atoms with Gasteiger partial charge in [-0.3, -0.25) is 0 Å². The van der Waals surface area contributed by atoms with E-state index in [0.29, 0.717) is 33.7 Å². The van der Waals surface area contributed by atoms with Gasteiger partial charge in [-0.2, -0.15) is 26.3 Å². The lowest BCUT2D eigenvalue weighted by atomic mass is 9.87. The summed E-state index contributed by atoms with van der Waals surface area (Å²) in [5.74, 6) is 0. The molecule has 9 aromatic carbocycles. The van der Waals surface area contributed by atoms with Crippen molar-refractivity contribution in [2.75, 3.05) is 9.80 Å². The fourth-order valence-electron chi connectivity index (χ4n) is 9.52. The van der Waals surface area contributed by atoms with Crippen molar-refractivity contribution in [2.24, 2.45) is 0 Å². The van der Waals surface area contributed by atoms with Gasteiger partial charge in [-0.15, -0.1) is 0 Å². The molecule has 0 aliphatic carbocycles. The summed E-state index contributed by atoms with van der Waals surface area (Å²) in [5, 5.41) is 7.25. The number of hydrogen-bond acceptors (Lipinski definition) is 4. The molecule has 0 fully saturated rings. The molecule has 0 bridgehead atoms. The Morgan fingerprint density at radius 3 is 0.900 bits per heavy atom. The molecule has 4 nitrogen and oxygen atoms in total. The largest absolute Gasteiger partial charge is 0.452 e. The lowest BCUT2D eigenvalue weighted by molar-refractivity contribution is -0.138. The number of fused-ring (bicyclic) bond motifs is 9. The van der Waals surface area contributed by atoms with E-state index in [-0.39, 0.29) is 10.8 Å². The van der Waals surface area contributed by atoms with Crippen LogP contribution in [0.4, 0.5) is 60.5 Å². The van der Waals surface area contributed by atoms with Crippen molar-refractivity contribution in [3.05, 3.63) is 192 Å². The lowest BCUT2D eigenvalue weighted by Gasteiger charge is -2.27. The Bertz CT molecular complexity index is 3430. The van der Waals surface area contributed by atoms with Crippen LogP contribution < -0.4 is 9.80 Å². The van der Waals surface area contributed by atoms with E-state index in [1.54, 1.807) is 0 Å². The first kappa shape index (κ1) is 44.8. The van der Waals surface area contributed by atoms with Crippen LogP contribution in [0, 0.1) is 0 Å². The van der Waals surface area contributed by atoms with Crippen molar-refractivity contribution in [3.63, 3.8) is 0 Å². The van der Waals surface area contributed by atoms with Gasteiger partial charge in [0, 0.05) is 55.7 Å². The van der Waals surface area contributed by atoms with Crippen molar-refractivity contribution >= 4 is 99.5 Å². The quantitative estimate of drug-likeness (QED) is 0.156. The number of benzene rings is 9. The Kier molecular flexibility index (Phi) is 10.2. The second-order valence-electron chi connectivity index (χ2n) is 20.1. The van der Waals surface area contributed by atoms with Crippen LogP contribution in [-0.2, 0) is 23.2 Å². The van der Waals surface area contributed by atoms with E-state index in [1.165, 1.54) is 24.3 Å². The van der Waals surface area contributed by atoms with Crippen LogP contribution in [0.3, 0.4) is 0 Å². The summed E-state index contributed by atoms with van der Waals surface area (Å²) < 4.78 is 95.3. The molecule has 11 rings (SSSR count). The van der Waals surface area contributed by atoms with Crippen LogP contribution in [0.15, 0.2) is 179 Å². The second-order valence-corrected chi connectivity index (χ2v) is 20.1. The first-order chi connectivity index (χ1) is 33.2. The molecule has 11 aromatic rings. The molecule has 0 aliphatic heterocycles. The zero-order chi connectivity index (χ0) is 49.1. The van der Waals surface area contributed by atoms with Gasteiger partial charge in [-0.05, 0) is 177 Å². The highest BCUT2D eigenvalue weighted by molar-refractivity contribution is 6.21. The molecule has 350 valence electrons. The van der Waals surface area contributed by atoms with Crippen molar-refractivity contribution in [3.8, 4) is 0 Å². The molecular weight excluding hydrogens is 895 g/mol. The summed E-state index contributed by atoms with van der Waals surface area (Å²) in [6.07, 6.45) is -8.92. The minimum atomic E-state index is -4.46. The third kappa shape index (κ3) is 7.95. The SMILES string of the molecule is CC(C)(C)c1ccc(N(c2ccc(C(F)(F)F)cc2)c2ccc3cc4c(cc3c2)oc2c4ccc3c4cc5ccc(N(c6ccc(C(C)(C)C)cc6)c6ccc(C(F)(F)F)cc6)cc5cc4oc32)cc1. The highest BCUT2D eigenvalue weighted by atomic mass is 19.4. The molecule has 2 heterocycles. The average molecular weight is 941 g/mol. The van der Waals surface area contributed by atoms with Crippen molar-refractivity contribution in [1.82, 2.24) is 0 Å². The van der Waals surface area contributed by atoms with E-state index in [0.717, 1.165) is 101 Å². The molecule has 0 N–H and O–H groups in total. The minimum Gasteiger partial charge on any atom is -0.452 e. The standard InChI is InChI=1S/C60H46F6N2O2/c1-57(2,3)39-9-19-43(20-10-39)67(45-23-13-41(14-24-45)59(61,62)63)47-17-7-35-31-51-49-27-28-50-52-32-36-8-18-48(30-38(36)34-54(52)70-56(50)55(49)69-53(51)33-37(35)29-47)68(44-21-11-40(12-22-44)58(4,5)6)46-25-15-42(16-26-46)60(64,65)66/h7-34H,1-6H3. The topological polar surface area (TPSA) is 32.8 Å². The number of anilines is 6. The van der Waals surface area contributed by atoms with E-state index in [1.807, 2.05) is 94.7 Å². The van der Waals surface area contributed by atoms with Gasteiger partial charge in [-0.1, -0.05) is 77.9 Å². The maximum atomic E-state index is 13.7. The molecule has 0 unspecified atom stereocenters. The summed E-state index contributed by atoms with van der Waals surface area (Å²) in [7, 11) is 0. The van der Waals surface area contributed by atoms with Gasteiger partial charge in [0.2, 0.25) is 0 Å². The van der Waals surface area contributed by atoms with Crippen LogP contribution in [0.25, 0.3) is 65.4 Å². The summed E-state index contributed by atoms with van der Waals surface area (Å²) in [6, 6.07) is 50.9. The molecular formula is C60H46F6N2O2. The summed E-state index contributed by atoms with van der Waals surface area (Å²) in [5.41, 5.74) is 7.46. The summed E-state index contributed by atoms with van der Waals surface area (Å²) in [6.45, 7) is 12.8. The number of nitrogens with zero attached hydrogens (tertiary/aromatic N) is 2.